The van der Waals surface area contributed by atoms with Gasteiger partial charge in [-0.2, -0.15) is 0 Å². The first-order valence-corrected chi connectivity index (χ1v) is 6.19. The number of aliphatic carboxylic acids is 1. The summed E-state index contributed by atoms with van der Waals surface area (Å²) in [5.41, 5.74) is -0.693. The Morgan fingerprint density at radius 1 is 1.50 bits per heavy atom. The molecule has 0 aromatic carbocycles. The SMILES string of the molecule is CN1CCC(CNC(C)(C(=O)O)C2CC2)C1. The number of carboxylic acids is 1. The van der Waals surface area contributed by atoms with E-state index in [1.807, 2.05) is 6.92 Å². The van der Waals surface area contributed by atoms with Gasteiger partial charge in [-0.15, -0.1) is 0 Å². The highest BCUT2D eigenvalue weighted by molar-refractivity contribution is 5.79. The lowest BCUT2D eigenvalue weighted by Crippen LogP contribution is -2.53. The Morgan fingerprint density at radius 3 is 2.62 bits per heavy atom. The third-order valence-electron chi connectivity index (χ3n) is 4.09. The molecule has 92 valence electrons. The molecule has 2 fully saturated rings. The predicted octanol–water partition coefficient (Wildman–Crippen LogP) is 0.781. The van der Waals surface area contributed by atoms with Crippen molar-refractivity contribution in [3.63, 3.8) is 0 Å². The molecular formula is C12H22N2O2. The zero-order valence-corrected chi connectivity index (χ0v) is 10.2. The molecule has 4 heteroatoms. The first-order chi connectivity index (χ1) is 7.52. The van der Waals surface area contributed by atoms with E-state index < -0.39 is 11.5 Å². The minimum Gasteiger partial charge on any atom is -0.480 e. The average molecular weight is 226 g/mol. The molecular weight excluding hydrogens is 204 g/mol. The predicted molar refractivity (Wildman–Crippen MR) is 62.4 cm³/mol. The molecule has 0 amide bonds. The van der Waals surface area contributed by atoms with E-state index >= 15 is 0 Å². The molecule has 2 aliphatic rings. The quantitative estimate of drug-likeness (QED) is 0.727. The molecule has 0 aromatic rings. The largest absolute Gasteiger partial charge is 0.480 e. The zero-order chi connectivity index (χ0) is 11.8. The van der Waals surface area contributed by atoms with Gasteiger partial charge in [0.05, 0.1) is 0 Å². The van der Waals surface area contributed by atoms with Crippen LogP contribution in [0.25, 0.3) is 0 Å². The fraction of sp³-hybridized carbons (Fsp3) is 0.917. The van der Waals surface area contributed by atoms with Gasteiger partial charge >= 0.3 is 5.97 Å². The van der Waals surface area contributed by atoms with Crippen LogP contribution in [0.3, 0.4) is 0 Å². The third-order valence-corrected chi connectivity index (χ3v) is 4.09. The minimum absolute atomic E-state index is 0.337. The number of carboxylic acid groups (broad SMARTS) is 1. The summed E-state index contributed by atoms with van der Waals surface area (Å²) < 4.78 is 0. The molecule has 1 aliphatic heterocycles. The Labute approximate surface area is 97.0 Å². The summed E-state index contributed by atoms with van der Waals surface area (Å²) in [6.45, 7) is 4.90. The molecule has 16 heavy (non-hydrogen) atoms. The molecule has 1 saturated heterocycles. The van der Waals surface area contributed by atoms with Crippen molar-refractivity contribution < 1.29 is 9.90 Å². The summed E-state index contributed by atoms with van der Waals surface area (Å²) in [5.74, 6) is 0.257. The number of likely N-dealkylation sites (tertiary alicyclic amines) is 1. The molecule has 2 unspecified atom stereocenters. The van der Waals surface area contributed by atoms with Crippen molar-refractivity contribution in [1.29, 1.82) is 0 Å². The molecule has 4 nitrogen and oxygen atoms in total. The smallest absolute Gasteiger partial charge is 0.323 e. The number of hydrogen-bond donors (Lipinski definition) is 2. The Balaban J connectivity index is 1.85. The van der Waals surface area contributed by atoms with Gasteiger partial charge in [-0.05, 0) is 51.6 Å². The van der Waals surface area contributed by atoms with Crippen molar-refractivity contribution in [1.82, 2.24) is 10.2 Å². The number of nitrogens with zero attached hydrogens (tertiary/aromatic N) is 1. The minimum atomic E-state index is -0.693. The average Bonchev–Trinajstić information content (AvgIpc) is 2.99. The topological polar surface area (TPSA) is 52.6 Å². The van der Waals surface area contributed by atoms with Gasteiger partial charge in [0.2, 0.25) is 0 Å². The molecule has 0 spiro atoms. The van der Waals surface area contributed by atoms with Gasteiger partial charge in [0.15, 0.2) is 0 Å². The molecule has 1 saturated carbocycles. The van der Waals surface area contributed by atoms with Crippen LogP contribution in [0.1, 0.15) is 26.2 Å². The molecule has 2 atom stereocenters. The van der Waals surface area contributed by atoms with Crippen LogP contribution in [0, 0.1) is 11.8 Å². The third kappa shape index (κ3) is 2.38. The summed E-state index contributed by atoms with van der Waals surface area (Å²) in [5, 5.41) is 12.6. The van der Waals surface area contributed by atoms with Gasteiger partial charge in [0, 0.05) is 13.1 Å². The second-order valence-corrected chi connectivity index (χ2v) is 5.58. The Morgan fingerprint density at radius 2 is 2.19 bits per heavy atom. The van der Waals surface area contributed by atoms with Gasteiger partial charge < -0.3 is 15.3 Å². The van der Waals surface area contributed by atoms with E-state index in [4.69, 9.17) is 0 Å². The Hall–Kier alpha value is -0.610. The first-order valence-electron chi connectivity index (χ1n) is 6.19. The van der Waals surface area contributed by atoms with Crippen molar-refractivity contribution in [2.75, 3.05) is 26.7 Å². The number of rotatable bonds is 5. The summed E-state index contributed by atoms with van der Waals surface area (Å²) in [7, 11) is 2.12. The first kappa shape index (κ1) is 11.9. The van der Waals surface area contributed by atoms with Crippen molar-refractivity contribution in [2.45, 2.75) is 31.7 Å². The lowest BCUT2D eigenvalue weighted by molar-refractivity contribution is -0.145. The molecule has 2 N–H and O–H groups in total. The summed E-state index contributed by atoms with van der Waals surface area (Å²) in [6, 6.07) is 0. The summed E-state index contributed by atoms with van der Waals surface area (Å²) in [6.07, 6.45) is 3.30. The van der Waals surface area contributed by atoms with E-state index in [9.17, 15) is 9.90 Å². The maximum atomic E-state index is 11.3. The lowest BCUT2D eigenvalue weighted by atomic mass is 9.95. The van der Waals surface area contributed by atoms with Crippen LogP contribution in [-0.2, 0) is 4.79 Å². The highest BCUT2D eigenvalue weighted by Crippen LogP contribution is 2.39. The Bertz CT molecular complexity index is 278. The zero-order valence-electron chi connectivity index (χ0n) is 10.2. The standard InChI is InChI=1S/C12H22N2O2/c1-12(11(15)16,10-3-4-10)13-7-9-5-6-14(2)8-9/h9-10,13H,3-8H2,1-2H3,(H,15,16). The van der Waals surface area contributed by atoms with Gasteiger partial charge in [-0.3, -0.25) is 4.79 Å². The van der Waals surface area contributed by atoms with Crippen molar-refractivity contribution in [2.24, 2.45) is 11.8 Å². The van der Waals surface area contributed by atoms with E-state index in [1.165, 1.54) is 6.42 Å². The second kappa shape index (κ2) is 4.34. The van der Waals surface area contributed by atoms with Crippen LogP contribution in [0.4, 0.5) is 0 Å². The van der Waals surface area contributed by atoms with E-state index in [0.29, 0.717) is 11.8 Å². The summed E-state index contributed by atoms with van der Waals surface area (Å²) >= 11 is 0. The van der Waals surface area contributed by atoms with Gasteiger partial charge in [0.1, 0.15) is 5.54 Å². The van der Waals surface area contributed by atoms with Crippen LogP contribution in [0.2, 0.25) is 0 Å². The monoisotopic (exact) mass is 226 g/mol. The molecule has 0 bridgehead atoms. The van der Waals surface area contributed by atoms with E-state index in [2.05, 4.69) is 17.3 Å². The van der Waals surface area contributed by atoms with E-state index in [0.717, 1.165) is 32.5 Å². The molecule has 0 aromatic heterocycles. The van der Waals surface area contributed by atoms with Crippen LogP contribution in [0.5, 0.6) is 0 Å². The van der Waals surface area contributed by atoms with Crippen molar-refractivity contribution >= 4 is 5.97 Å². The van der Waals surface area contributed by atoms with Gasteiger partial charge in [-0.25, -0.2) is 0 Å². The fourth-order valence-electron chi connectivity index (χ4n) is 2.60. The fourth-order valence-corrected chi connectivity index (χ4v) is 2.60. The van der Waals surface area contributed by atoms with Crippen molar-refractivity contribution in [3.8, 4) is 0 Å². The maximum absolute atomic E-state index is 11.3. The normalized spacial score (nSPS) is 30.2. The van der Waals surface area contributed by atoms with E-state index in [-0.39, 0.29) is 0 Å². The number of hydrogen-bond acceptors (Lipinski definition) is 3. The molecule has 0 radical (unpaired) electrons. The molecule has 1 heterocycles. The highest BCUT2D eigenvalue weighted by atomic mass is 16.4. The van der Waals surface area contributed by atoms with Crippen LogP contribution < -0.4 is 5.32 Å². The molecule has 1 aliphatic carbocycles. The Kier molecular flexibility index (Phi) is 3.22. The van der Waals surface area contributed by atoms with Crippen LogP contribution in [0.15, 0.2) is 0 Å². The highest BCUT2D eigenvalue weighted by Gasteiger charge is 2.47. The number of carbonyl (C=O) groups is 1. The van der Waals surface area contributed by atoms with Crippen LogP contribution in [-0.4, -0.2) is 48.2 Å². The second-order valence-electron chi connectivity index (χ2n) is 5.58. The molecule has 2 rings (SSSR count). The van der Waals surface area contributed by atoms with Crippen molar-refractivity contribution in [3.05, 3.63) is 0 Å². The van der Waals surface area contributed by atoms with E-state index in [1.54, 1.807) is 0 Å². The van der Waals surface area contributed by atoms with Gasteiger partial charge in [-0.1, -0.05) is 0 Å². The van der Waals surface area contributed by atoms with Gasteiger partial charge in [0.25, 0.3) is 0 Å². The number of nitrogens with one attached hydrogen (secondary N) is 1. The lowest BCUT2D eigenvalue weighted by Gasteiger charge is -2.27. The van der Waals surface area contributed by atoms with Crippen LogP contribution >= 0.6 is 0 Å². The maximum Gasteiger partial charge on any atom is 0.323 e. The summed E-state index contributed by atoms with van der Waals surface area (Å²) in [4.78, 5) is 13.6.